The highest BCUT2D eigenvalue weighted by Crippen LogP contribution is 2.21. The fourth-order valence-corrected chi connectivity index (χ4v) is 3.81. The van der Waals surface area contributed by atoms with E-state index in [2.05, 4.69) is 15.6 Å². The zero-order valence-electron chi connectivity index (χ0n) is 15.2. The number of rotatable bonds is 5. The van der Waals surface area contributed by atoms with Gasteiger partial charge in [-0.25, -0.2) is 13.1 Å². The first-order chi connectivity index (χ1) is 12.5. The van der Waals surface area contributed by atoms with Crippen LogP contribution >= 0.6 is 11.6 Å². The standard InChI is InChI=1S/C17H20ClN3O5S/c1-9(2)21-27(24,25)12-5-6-15(18)14(8-12)17(23)20-19-16(22)13-7-10(3)26-11(13)4/h5-9,21H,1-4H3,(H,19,22)(H,20,23). The van der Waals surface area contributed by atoms with Gasteiger partial charge in [0.25, 0.3) is 11.8 Å². The van der Waals surface area contributed by atoms with Crippen LogP contribution < -0.4 is 15.6 Å². The number of sulfonamides is 1. The van der Waals surface area contributed by atoms with Gasteiger partial charge in [0.1, 0.15) is 11.5 Å². The van der Waals surface area contributed by atoms with Crippen molar-refractivity contribution in [2.24, 2.45) is 0 Å². The summed E-state index contributed by atoms with van der Waals surface area (Å²) in [6.07, 6.45) is 0. The van der Waals surface area contributed by atoms with Crippen molar-refractivity contribution < 1.29 is 22.4 Å². The zero-order valence-corrected chi connectivity index (χ0v) is 16.8. The van der Waals surface area contributed by atoms with E-state index < -0.39 is 21.8 Å². The molecule has 0 bridgehead atoms. The lowest BCUT2D eigenvalue weighted by Gasteiger charge is -2.12. The minimum Gasteiger partial charge on any atom is -0.466 e. The summed E-state index contributed by atoms with van der Waals surface area (Å²) in [5.74, 6) is -0.361. The lowest BCUT2D eigenvalue weighted by Crippen LogP contribution is -2.42. The van der Waals surface area contributed by atoms with Crippen LogP contribution in [-0.2, 0) is 10.0 Å². The molecule has 2 amide bonds. The maximum atomic E-state index is 12.3. The second-order valence-corrected chi connectivity index (χ2v) is 8.27. The van der Waals surface area contributed by atoms with Crippen molar-refractivity contribution in [1.29, 1.82) is 0 Å². The highest BCUT2D eigenvalue weighted by Gasteiger charge is 2.20. The number of halogens is 1. The van der Waals surface area contributed by atoms with Crippen molar-refractivity contribution in [2.45, 2.75) is 38.6 Å². The van der Waals surface area contributed by atoms with E-state index in [1.165, 1.54) is 18.2 Å². The molecule has 8 nitrogen and oxygen atoms in total. The number of hydrogen-bond donors (Lipinski definition) is 3. The van der Waals surface area contributed by atoms with Crippen LogP contribution in [0.15, 0.2) is 33.6 Å². The molecule has 2 rings (SSSR count). The highest BCUT2D eigenvalue weighted by atomic mass is 35.5. The number of benzene rings is 1. The fraction of sp³-hybridized carbons (Fsp3) is 0.294. The molecule has 0 radical (unpaired) electrons. The first kappa shape index (κ1) is 20.9. The van der Waals surface area contributed by atoms with Crippen LogP contribution in [0, 0.1) is 13.8 Å². The Morgan fingerprint density at radius 2 is 1.63 bits per heavy atom. The number of furan rings is 1. The number of carbonyl (C=O) groups is 2. The maximum absolute atomic E-state index is 12.3. The van der Waals surface area contributed by atoms with Crippen molar-refractivity contribution in [3.63, 3.8) is 0 Å². The predicted molar refractivity (Wildman–Crippen MR) is 100 cm³/mol. The van der Waals surface area contributed by atoms with E-state index in [-0.39, 0.29) is 27.1 Å². The molecule has 1 heterocycles. The quantitative estimate of drug-likeness (QED) is 0.650. The predicted octanol–water partition coefficient (Wildman–Crippen LogP) is 2.31. The monoisotopic (exact) mass is 413 g/mol. The molecule has 0 saturated heterocycles. The van der Waals surface area contributed by atoms with E-state index >= 15 is 0 Å². The summed E-state index contributed by atoms with van der Waals surface area (Å²) < 4.78 is 32.2. The molecule has 3 N–H and O–H groups in total. The molecule has 1 aromatic carbocycles. The lowest BCUT2D eigenvalue weighted by molar-refractivity contribution is 0.0845. The Morgan fingerprint density at radius 1 is 1.04 bits per heavy atom. The first-order valence-electron chi connectivity index (χ1n) is 8.01. The normalized spacial score (nSPS) is 11.5. The molecule has 0 spiro atoms. The topological polar surface area (TPSA) is 118 Å². The molecule has 146 valence electrons. The van der Waals surface area contributed by atoms with Gasteiger partial charge >= 0.3 is 0 Å². The molecule has 0 aliphatic heterocycles. The van der Waals surface area contributed by atoms with Gasteiger partial charge in [0.15, 0.2) is 0 Å². The Bertz CT molecular complexity index is 982. The van der Waals surface area contributed by atoms with Gasteiger partial charge < -0.3 is 4.42 Å². The summed E-state index contributed by atoms with van der Waals surface area (Å²) in [5, 5.41) is 0.0422. The number of hydrogen-bond acceptors (Lipinski definition) is 5. The summed E-state index contributed by atoms with van der Waals surface area (Å²) in [6.45, 7) is 6.67. The second-order valence-electron chi connectivity index (χ2n) is 6.15. The number of nitrogens with one attached hydrogen (secondary N) is 3. The Hall–Kier alpha value is -2.36. The maximum Gasteiger partial charge on any atom is 0.273 e. The van der Waals surface area contributed by atoms with Gasteiger partial charge in [0.05, 0.1) is 21.0 Å². The van der Waals surface area contributed by atoms with Gasteiger partial charge in [-0.05, 0) is 52.0 Å². The average molecular weight is 414 g/mol. The number of amides is 2. The van der Waals surface area contributed by atoms with Crippen molar-refractivity contribution in [3.8, 4) is 0 Å². The largest absolute Gasteiger partial charge is 0.466 e. The van der Waals surface area contributed by atoms with Crippen LogP contribution in [0.1, 0.15) is 46.1 Å². The van der Waals surface area contributed by atoms with Crippen molar-refractivity contribution >= 4 is 33.4 Å². The smallest absolute Gasteiger partial charge is 0.273 e. The van der Waals surface area contributed by atoms with Crippen LogP contribution in [0.4, 0.5) is 0 Å². The molecular weight excluding hydrogens is 394 g/mol. The van der Waals surface area contributed by atoms with Gasteiger partial charge in [-0.2, -0.15) is 0 Å². The van der Waals surface area contributed by atoms with Crippen LogP contribution in [-0.4, -0.2) is 26.3 Å². The zero-order chi connectivity index (χ0) is 20.4. The number of aryl methyl sites for hydroxylation is 2. The molecule has 2 aromatic rings. The number of carbonyl (C=O) groups excluding carboxylic acids is 2. The van der Waals surface area contributed by atoms with Crippen LogP contribution in [0.25, 0.3) is 0 Å². The van der Waals surface area contributed by atoms with Gasteiger partial charge in [-0.1, -0.05) is 11.6 Å². The van der Waals surface area contributed by atoms with Crippen molar-refractivity contribution in [2.75, 3.05) is 0 Å². The van der Waals surface area contributed by atoms with E-state index in [0.29, 0.717) is 11.5 Å². The van der Waals surface area contributed by atoms with Crippen molar-refractivity contribution in [1.82, 2.24) is 15.6 Å². The minimum absolute atomic E-state index is 0.0422. The molecule has 27 heavy (non-hydrogen) atoms. The lowest BCUT2D eigenvalue weighted by atomic mass is 10.2. The summed E-state index contributed by atoms with van der Waals surface area (Å²) in [6, 6.07) is 4.96. The van der Waals surface area contributed by atoms with E-state index in [4.69, 9.17) is 16.0 Å². The molecule has 0 atom stereocenters. The van der Waals surface area contributed by atoms with Gasteiger partial charge in [0, 0.05) is 6.04 Å². The first-order valence-corrected chi connectivity index (χ1v) is 9.87. The summed E-state index contributed by atoms with van der Waals surface area (Å²) in [7, 11) is -3.80. The SMILES string of the molecule is Cc1cc(C(=O)NNC(=O)c2cc(S(=O)(=O)NC(C)C)ccc2Cl)c(C)o1. The molecule has 0 unspecified atom stereocenters. The van der Waals surface area contributed by atoms with Crippen LogP contribution in [0.2, 0.25) is 5.02 Å². The summed E-state index contributed by atoms with van der Waals surface area (Å²) in [4.78, 5) is 24.4. The third-order valence-electron chi connectivity index (χ3n) is 3.46. The summed E-state index contributed by atoms with van der Waals surface area (Å²) >= 11 is 6.00. The summed E-state index contributed by atoms with van der Waals surface area (Å²) in [5.41, 5.74) is 4.64. The Kier molecular flexibility index (Phi) is 6.30. The highest BCUT2D eigenvalue weighted by molar-refractivity contribution is 7.89. The van der Waals surface area contributed by atoms with Gasteiger partial charge in [-0.15, -0.1) is 0 Å². The number of hydrazine groups is 1. The Morgan fingerprint density at radius 3 is 2.15 bits per heavy atom. The van der Waals surface area contributed by atoms with Gasteiger partial charge in [0.2, 0.25) is 10.0 Å². The van der Waals surface area contributed by atoms with Crippen molar-refractivity contribution in [3.05, 3.63) is 51.9 Å². The second kappa shape index (κ2) is 8.12. The Balaban J connectivity index is 2.17. The third kappa shape index (κ3) is 5.09. The van der Waals surface area contributed by atoms with E-state index in [1.807, 2.05) is 0 Å². The van der Waals surface area contributed by atoms with Gasteiger partial charge in [-0.3, -0.25) is 20.4 Å². The molecule has 0 aliphatic carbocycles. The fourth-order valence-electron chi connectivity index (χ4n) is 2.33. The van der Waals surface area contributed by atoms with Crippen LogP contribution in [0.3, 0.4) is 0 Å². The van der Waals surface area contributed by atoms with E-state index in [1.54, 1.807) is 27.7 Å². The van der Waals surface area contributed by atoms with E-state index in [9.17, 15) is 18.0 Å². The third-order valence-corrected chi connectivity index (χ3v) is 5.44. The van der Waals surface area contributed by atoms with Crippen LogP contribution in [0.5, 0.6) is 0 Å². The Labute approximate surface area is 162 Å². The molecule has 10 heteroatoms. The molecule has 1 aromatic heterocycles. The molecule has 0 saturated carbocycles. The molecular formula is C17H20ClN3O5S. The minimum atomic E-state index is -3.80. The molecule has 0 fully saturated rings. The molecule has 0 aliphatic rings. The van der Waals surface area contributed by atoms with E-state index in [0.717, 1.165) is 6.07 Å². The average Bonchev–Trinajstić information content (AvgIpc) is 2.89.